The fourth-order valence-corrected chi connectivity index (χ4v) is 0.729. The van der Waals surface area contributed by atoms with Gasteiger partial charge in [-0.3, -0.25) is 0 Å². The maximum atomic E-state index is 5.51. The summed E-state index contributed by atoms with van der Waals surface area (Å²) in [6.07, 6.45) is 1.41. The zero-order valence-electron chi connectivity index (χ0n) is 8.09. The van der Waals surface area contributed by atoms with E-state index in [1.807, 2.05) is 6.92 Å². The van der Waals surface area contributed by atoms with Crippen molar-refractivity contribution in [2.75, 3.05) is 20.3 Å². The van der Waals surface area contributed by atoms with E-state index in [9.17, 15) is 0 Å². The van der Waals surface area contributed by atoms with Crippen LogP contribution >= 0.6 is 0 Å². The van der Waals surface area contributed by atoms with Crippen LogP contribution in [-0.2, 0) is 9.47 Å². The van der Waals surface area contributed by atoms with Crippen molar-refractivity contribution in [2.24, 2.45) is 5.92 Å². The van der Waals surface area contributed by atoms with E-state index in [2.05, 4.69) is 13.8 Å². The van der Waals surface area contributed by atoms with Crippen LogP contribution in [0.5, 0.6) is 0 Å². The number of methoxy groups -OCH3 is 1. The second-order valence-corrected chi connectivity index (χ2v) is 3.11. The number of hydrogen-bond donors (Lipinski definition) is 0. The Morgan fingerprint density at radius 1 is 1.18 bits per heavy atom. The van der Waals surface area contributed by atoms with Gasteiger partial charge in [-0.15, -0.1) is 0 Å². The Balaban J connectivity index is 3.22. The van der Waals surface area contributed by atoms with Gasteiger partial charge in [-0.1, -0.05) is 20.3 Å². The van der Waals surface area contributed by atoms with Crippen molar-refractivity contribution >= 4 is 0 Å². The Kier molecular flexibility index (Phi) is 6.57. The van der Waals surface area contributed by atoms with E-state index >= 15 is 0 Å². The maximum Gasteiger partial charge on any atom is 0.0780 e. The smallest absolute Gasteiger partial charge is 0.0780 e. The lowest BCUT2D eigenvalue weighted by Gasteiger charge is -2.14. The quantitative estimate of drug-likeness (QED) is 0.592. The minimum Gasteiger partial charge on any atom is -0.382 e. The molecule has 0 aromatic rings. The third-order valence-electron chi connectivity index (χ3n) is 1.76. The van der Waals surface area contributed by atoms with Crippen molar-refractivity contribution in [2.45, 2.75) is 33.3 Å². The molecule has 11 heavy (non-hydrogen) atoms. The normalized spacial score (nSPS) is 16.4. The van der Waals surface area contributed by atoms with Gasteiger partial charge in [0.25, 0.3) is 0 Å². The number of rotatable bonds is 6. The molecule has 0 aliphatic rings. The first-order valence-electron chi connectivity index (χ1n) is 4.31. The summed E-state index contributed by atoms with van der Waals surface area (Å²) in [5, 5.41) is 0. The van der Waals surface area contributed by atoms with E-state index in [1.54, 1.807) is 7.11 Å². The SMILES string of the molecule is CCC(C)COC(C)COC. The summed E-state index contributed by atoms with van der Waals surface area (Å²) in [5.41, 5.74) is 0. The van der Waals surface area contributed by atoms with Crippen LogP contribution in [-0.4, -0.2) is 26.4 Å². The molecule has 0 spiro atoms. The monoisotopic (exact) mass is 160 g/mol. The van der Waals surface area contributed by atoms with E-state index in [4.69, 9.17) is 9.47 Å². The molecule has 0 saturated heterocycles. The van der Waals surface area contributed by atoms with Gasteiger partial charge in [0.15, 0.2) is 0 Å². The number of ether oxygens (including phenoxy) is 2. The first-order valence-corrected chi connectivity index (χ1v) is 4.31. The third kappa shape index (κ3) is 6.32. The highest BCUT2D eigenvalue weighted by Crippen LogP contribution is 2.02. The van der Waals surface area contributed by atoms with E-state index in [0.29, 0.717) is 12.5 Å². The molecule has 0 aromatic heterocycles. The summed E-state index contributed by atoms with van der Waals surface area (Å²) in [6, 6.07) is 0. The van der Waals surface area contributed by atoms with Gasteiger partial charge in [0.2, 0.25) is 0 Å². The minimum absolute atomic E-state index is 0.231. The molecule has 0 fully saturated rings. The van der Waals surface area contributed by atoms with Gasteiger partial charge in [0.1, 0.15) is 0 Å². The first-order chi connectivity index (χ1) is 5.20. The Hall–Kier alpha value is -0.0800. The zero-order valence-corrected chi connectivity index (χ0v) is 8.09. The Morgan fingerprint density at radius 3 is 2.27 bits per heavy atom. The average molecular weight is 160 g/mol. The predicted molar refractivity (Wildman–Crippen MR) is 46.7 cm³/mol. The minimum atomic E-state index is 0.231. The lowest BCUT2D eigenvalue weighted by atomic mass is 10.1. The standard InChI is InChI=1S/C9H20O2/c1-5-8(2)6-11-9(3)7-10-4/h8-9H,5-7H2,1-4H3. The molecule has 2 atom stereocenters. The molecule has 2 unspecified atom stereocenters. The largest absolute Gasteiger partial charge is 0.382 e. The molecular weight excluding hydrogens is 140 g/mol. The topological polar surface area (TPSA) is 18.5 Å². The van der Waals surface area contributed by atoms with Gasteiger partial charge in [-0.2, -0.15) is 0 Å². The molecule has 0 rings (SSSR count). The Labute approximate surface area is 69.9 Å². The molecule has 0 bridgehead atoms. The van der Waals surface area contributed by atoms with Crippen molar-refractivity contribution in [3.8, 4) is 0 Å². The highest BCUT2D eigenvalue weighted by atomic mass is 16.5. The summed E-state index contributed by atoms with van der Waals surface area (Å²) in [7, 11) is 1.70. The Morgan fingerprint density at radius 2 is 1.82 bits per heavy atom. The summed E-state index contributed by atoms with van der Waals surface area (Å²) in [4.78, 5) is 0. The summed E-state index contributed by atoms with van der Waals surface area (Å²) in [5.74, 6) is 0.661. The van der Waals surface area contributed by atoms with E-state index in [1.165, 1.54) is 6.42 Å². The lowest BCUT2D eigenvalue weighted by Crippen LogP contribution is -2.18. The van der Waals surface area contributed by atoms with Gasteiger partial charge in [-0.25, -0.2) is 0 Å². The van der Waals surface area contributed by atoms with Crippen LogP contribution in [0.15, 0.2) is 0 Å². The van der Waals surface area contributed by atoms with E-state index in [-0.39, 0.29) is 6.10 Å². The highest BCUT2D eigenvalue weighted by Gasteiger charge is 2.03. The van der Waals surface area contributed by atoms with Gasteiger partial charge >= 0.3 is 0 Å². The molecule has 2 heteroatoms. The van der Waals surface area contributed by atoms with Gasteiger partial charge in [-0.05, 0) is 12.8 Å². The molecular formula is C9H20O2. The van der Waals surface area contributed by atoms with Crippen LogP contribution in [0.25, 0.3) is 0 Å². The first kappa shape index (κ1) is 10.9. The molecule has 0 heterocycles. The fraction of sp³-hybridized carbons (Fsp3) is 1.00. The van der Waals surface area contributed by atoms with Crippen molar-refractivity contribution < 1.29 is 9.47 Å². The fourth-order valence-electron chi connectivity index (χ4n) is 0.729. The van der Waals surface area contributed by atoms with Crippen LogP contribution in [0.3, 0.4) is 0 Å². The van der Waals surface area contributed by atoms with Crippen molar-refractivity contribution in [3.05, 3.63) is 0 Å². The van der Waals surface area contributed by atoms with Crippen LogP contribution in [0, 0.1) is 5.92 Å². The Bertz CT molecular complexity index is 83.6. The molecule has 0 N–H and O–H groups in total. The molecule has 0 aromatic carbocycles. The molecule has 0 aliphatic heterocycles. The van der Waals surface area contributed by atoms with Gasteiger partial charge in [0.05, 0.1) is 12.7 Å². The van der Waals surface area contributed by atoms with Crippen LogP contribution in [0.4, 0.5) is 0 Å². The van der Waals surface area contributed by atoms with Crippen LogP contribution in [0.1, 0.15) is 27.2 Å². The zero-order chi connectivity index (χ0) is 8.69. The maximum absolute atomic E-state index is 5.51. The second kappa shape index (κ2) is 6.62. The van der Waals surface area contributed by atoms with Crippen molar-refractivity contribution in [3.63, 3.8) is 0 Å². The number of hydrogen-bond acceptors (Lipinski definition) is 2. The van der Waals surface area contributed by atoms with Crippen LogP contribution in [0.2, 0.25) is 0 Å². The molecule has 0 saturated carbocycles. The highest BCUT2D eigenvalue weighted by molar-refractivity contribution is 4.50. The van der Waals surface area contributed by atoms with Crippen molar-refractivity contribution in [1.82, 2.24) is 0 Å². The van der Waals surface area contributed by atoms with Crippen LogP contribution < -0.4 is 0 Å². The third-order valence-corrected chi connectivity index (χ3v) is 1.76. The predicted octanol–water partition coefficient (Wildman–Crippen LogP) is 2.08. The van der Waals surface area contributed by atoms with E-state index < -0.39 is 0 Å². The molecule has 0 radical (unpaired) electrons. The second-order valence-electron chi connectivity index (χ2n) is 3.11. The summed E-state index contributed by atoms with van der Waals surface area (Å²) < 4.78 is 10.5. The van der Waals surface area contributed by atoms with Gasteiger partial charge < -0.3 is 9.47 Å². The molecule has 2 nitrogen and oxygen atoms in total. The van der Waals surface area contributed by atoms with E-state index in [0.717, 1.165) is 6.61 Å². The molecule has 68 valence electrons. The molecule has 0 amide bonds. The lowest BCUT2D eigenvalue weighted by molar-refractivity contribution is -0.00473. The van der Waals surface area contributed by atoms with Gasteiger partial charge in [0, 0.05) is 13.7 Å². The van der Waals surface area contributed by atoms with Crippen molar-refractivity contribution in [1.29, 1.82) is 0 Å². The summed E-state index contributed by atoms with van der Waals surface area (Å²) >= 11 is 0. The average Bonchev–Trinajstić information content (AvgIpc) is 2.01. The summed E-state index contributed by atoms with van der Waals surface area (Å²) in [6.45, 7) is 7.94. The molecule has 0 aliphatic carbocycles.